The van der Waals surface area contributed by atoms with Crippen LogP contribution in [0, 0.1) is 6.92 Å². The second-order valence-corrected chi connectivity index (χ2v) is 3.45. The number of carbonyl (C=O) groups is 1. The van der Waals surface area contributed by atoms with Gasteiger partial charge in [0, 0.05) is 6.20 Å². The predicted molar refractivity (Wildman–Crippen MR) is 55.3 cm³/mol. The van der Waals surface area contributed by atoms with Crippen LogP contribution in [0.5, 0.6) is 0 Å². The fraction of sp³-hybridized carbons (Fsp3) is 0.273. The number of rotatable bonds is 2. The summed E-state index contributed by atoms with van der Waals surface area (Å²) < 4.78 is 0. The zero-order valence-corrected chi connectivity index (χ0v) is 8.53. The van der Waals surface area contributed by atoms with E-state index in [4.69, 9.17) is 5.11 Å². The van der Waals surface area contributed by atoms with Gasteiger partial charge in [0.25, 0.3) is 0 Å². The summed E-state index contributed by atoms with van der Waals surface area (Å²) in [5, 5.41) is 8.73. The van der Waals surface area contributed by atoms with Crippen LogP contribution in [0.25, 0.3) is 6.08 Å². The maximum atomic E-state index is 10.6. The molecule has 0 atom stereocenters. The number of aromatic carboxylic acids is 1. The maximum Gasteiger partial charge on any atom is 0.337 e. The van der Waals surface area contributed by atoms with E-state index in [0.717, 1.165) is 16.8 Å². The van der Waals surface area contributed by atoms with Crippen LogP contribution in [0.2, 0.25) is 0 Å². The monoisotopic (exact) mass is 191 g/mol. The number of hydrogen-bond donors (Lipinski definition) is 1. The van der Waals surface area contributed by atoms with Gasteiger partial charge >= 0.3 is 5.97 Å². The highest BCUT2D eigenvalue weighted by molar-refractivity contribution is 5.87. The van der Waals surface area contributed by atoms with Gasteiger partial charge in [-0.2, -0.15) is 0 Å². The van der Waals surface area contributed by atoms with Crippen LogP contribution >= 0.6 is 0 Å². The van der Waals surface area contributed by atoms with Gasteiger partial charge < -0.3 is 5.11 Å². The summed E-state index contributed by atoms with van der Waals surface area (Å²) in [7, 11) is 0. The molecule has 0 radical (unpaired) electrons. The Morgan fingerprint density at radius 3 is 2.57 bits per heavy atom. The van der Waals surface area contributed by atoms with Gasteiger partial charge in [-0.3, -0.25) is 4.98 Å². The van der Waals surface area contributed by atoms with Crippen LogP contribution in [-0.2, 0) is 0 Å². The van der Waals surface area contributed by atoms with Crippen molar-refractivity contribution in [3.8, 4) is 0 Å². The average Bonchev–Trinajstić information content (AvgIpc) is 2.07. The normalized spacial score (nSPS) is 9.64. The van der Waals surface area contributed by atoms with Gasteiger partial charge in [-0.25, -0.2) is 4.79 Å². The number of carboxylic acids is 1. The molecule has 0 fully saturated rings. The molecule has 0 aliphatic heterocycles. The fourth-order valence-corrected chi connectivity index (χ4v) is 1.13. The second-order valence-electron chi connectivity index (χ2n) is 3.45. The Hall–Kier alpha value is -1.64. The summed E-state index contributed by atoms with van der Waals surface area (Å²) in [4.78, 5) is 14.7. The first-order chi connectivity index (χ1) is 6.50. The van der Waals surface area contributed by atoms with E-state index in [2.05, 4.69) is 4.98 Å². The largest absolute Gasteiger partial charge is 0.478 e. The molecule has 1 rings (SSSR count). The zero-order chi connectivity index (χ0) is 10.7. The van der Waals surface area contributed by atoms with Gasteiger partial charge in [0.2, 0.25) is 0 Å². The van der Waals surface area contributed by atoms with Crippen LogP contribution in [0.3, 0.4) is 0 Å². The molecule has 1 heterocycles. The Bertz CT molecular complexity index is 390. The minimum absolute atomic E-state index is 0.230. The van der Waals surface area contributed by atoms with Crippen molar-refractivity contribution in [2.75, 3.05) is 0 Å². The molecule has 0 unspecified atom stereocenters. The van der Waals surface area contributed by atoms with Crippen molar-refractivity contribution in [1.29, 1.82) is 0 Å². The summed E-state index contributed by atoms with van der Waals surface area (Å²) in [6.45, 7) is 5.81. The lowest BCUT2D eigenvalue weighted by molar-refractivity contribution is 0.0696. The van der Waals surface area contributed by atoms with Crippen molar-refractivity contribution in [3.63, 3.8) is 0 Å². The number of allylic oxidation sites excluding steroid dienone is 1. The first-order valence-corrected chi connectivity index (χ1v) is 4.35. The van der Waals surface area contributed by atoms with Crippen molar-refractivity contribution >= 4 is 12.0 Å². The quantitative estimate of drug-likeness (QED) is 0.781. The minimum Gasteiger partial charge on any atom is -0.478 e. The first-order valence-electron chi connectivity index (χ1n) is 4.35. The van der Waals surface area contributed by atoms with Crippen LogP contribution in [0.15, 0.2) is 17.8 Å². The Morgan fingerprint density at radius 1 is 1.50 bits per heavy atom. The maximum absolute atomic E-state index is 10.6. The number of carboxylic acid groups (broad SMARTS) is 1. The number of pyridine rings is 1. The third kappa shape index (κ3) is 2.42. The molecule has 0 aromatic carbocycles. The van der Waals surface area contributed by atoms with E-state index in [1.165, 1.54) is 6.20 Å². The molecular weight excluding hydrogens is 178 g/mol. The first kappa shape index (κ1) is 10.4. The predicted octanol–water partition coefficient (Wildman–Crippen LogP) is 2.51. The molecule has 0 bridgehead atoms. The van der Waals surface area contributed by atoms with Crippen molar-refractivity contribution in [1.82, 2.24) is 4.98 Å². The number of hydrogen-bond acceptors (Lipinski definition) is 2. The molecule has 0 saturated carbocycles. The van der Waals surface area contributed by atoms with E-state index >= 15 is 0 Å². The van der Waals surface area contributed by atoms with E-state index in [-0.39, 0.29) is 5.56 Å². The van der Waals surface area contributed by atoms with Crippen molar-refractivity contribution in [3.05, 3.63) is 34.7 Å². The van der Waals surface area contributed by atoms with E-state index in [1.807, 2.05) is 26.8 Å². The minimum atomic E-state index is -0.940. The summed E-state index contributed by atoms with van der Waals surface area (Å²) in [5.41, 5.74) is 3.08. The molecule has 1 N–H and O–H groups in total. The van der Waals surface area contributed by atoms with Crippen molar-refractivity contribution in [2.24, 2.45) is 0 Å². The lowest BCUT2D eigenvalue weighted by Crippen LogP contribution is -1.99. The highest BCUT2D eigenvalue weighted by Gasteiger charge is 2.05. The topological polar surface area (TPSA) is 50.2 Å². The summed E-state index contributed by atoms with van der Waals surface area (Å²) in [5.74, 6) is -0.940. The van der Waals surface area contributed by atoms with Gasteiger partial charge in [0.05, 0.1) is 11.3 Å². The Kier molecular flexibility index (Phi) is 3.02. The highest BCUT2D eigenvalue weighted by atomic mass is 16.4. The van der Waals surface area contributed by atoms with Crippen molar-refractivity contribution in [2.45, 2.75) is 20.8 Å². The number of nitrogens with zero attached hydrogens (tertiary/aromatic N) is 1. The van der Waals surface area contributed by atoms with Gasteiger partial charge in [-0.05, 0) is 38.5 Å². The van der Waals surface area contributed by atoms with E-state index in [1.54, 1.807) is 6.07 Å². The van der Waals surface area contributed by atoms with E-state index in [9.17, 15) is 4.79 Å². The van der Waals surface area contributed by atoms with Crippen molar-refractivity contribution < 1.29 is 9.90 Å². The Labute approximate surface area is 83.1 Å². The molecule has 74 valence electrons. The molecule has 3 nitrogen and oxygen atoms in total. The number of aromatic nitrogens is 1. The summed E-state index contributed by atoms with van der Waals surface area (Å²) >= 11 is 0. The summed E-state index contributed by atoms with van der Waals surface area (Å²) in [6.07, 6.45) is 3.31. The molecule has 0 aliphatic carbocycles. The highest BCUT2D eigenvalue weighted by Crippen LogP contribution is 2.11. The second kappa shape index (κ2) is 4.05. The summed E-state index contributed by atoms with van der Waals surface area (Å²) in [6, 6.07) is 1.63. The third-order valence-electron chi connectivity index (χ3n) is 1.79. The fourth-order valence-electron chi connectivity index (χ4n) is 1.13. The average molecular weight is 191 g/mol. The molecule has 1 aromatic rings. The standard InChI is InChI=1S/C11H13NO2/c1-7(2)4-10-8(3)5-9(6-12-10)11(13)14/h4-6H,1-3H3,(H,13,14). The SMILES string of the molecule is CC(C)=Cc1ncc(C(=O)O)cc1C. The van der Waals surface area contributed by atoms with Crippen LogP contribution in [0.4, 0.5) is 0 Å². The van der Waals surface area contributed by atoms with Gasteiger partial charge in [0.1, 0.15) is 0 Å². The molecule has 0 amide bonds. The molecular formula is C11H13NO2. The third-order valence-corrected chi connectivity index (χ3v) is 1.79. The molecule has 14 heavy (non-hydrogen) atoms. The number of aryl methyl sites for hydroxylation is 1. The smallest absolute Gasteiger partial charge is 0.337 e. The van der Waals surface area contributed by atoms with E-state index < -0.39 is 5.97 Å². The van der Waals surface area contributed by atoms with Crippen LogP contribution in [0.1, 0.15) is 35.5 Å². The van der Waals surface area contributed by atoms with Gasteiger partial charge in [0.15, 0.2) is 0 Å². The Balaban J connectivity index is 3.14. The lowest BCUT2D eigenvalue weighted by atomic mass is 10.1. The molecule has 0 saturated heterocycles. The molecule has 0 aliphatic rings. The van der Waals surface area contributed by atoms with E-state index in [0.29, 0.717) is 0 Å². The molecule has 1 aromatic heterocycles. The Morgan fingerprint density at radius 2 is 2.14 bits per heavy atom. The molecule has 3 heteroatoms. The van der Waals surface area contributed by atoms with Gasteiger partial charge in [-0.15, -0.1) is 0 Å². The van der Waals surface area contributed by atoms with Crippen LogP contribution in [-0.4, -0.2) is 16.1 Å². The lowest BCUT2D eigenvalue weighted by Gasteiger charge is -2.01. The van der Waals surface area contributed by atoms with Crippen LogP contribution < -0.4 is 0 Å². The molecule has 0 spiro atoms. The van der Waals surface area contributed by atoms with Gasteiger partial charge in [-0.1, -0.05) is 5.57 Å². The zero-order valence-electron chi connectivity index (χ0n) is 8.53.